The van der Waals surface area contributed by atoms with E-state index in [-0.39, 0.29) is 0 Å². The molecule has 1 aromatic rings. The molecule has 0 heterocycles. The Morgan fingerprint density at radius 3 is 2.33 bits per heavy atom. The van der Waals surface area contributed by atoms with Gasteiger partial charge in [0.1, 0.15) is 7.14 Å². The van der Waals surface area contributed by atoms with Gasteiger partial charge >= 0.3 is 0 Å². The van der Waals surface area contributed by atoms with E-state index in [0.717, 1.165) is 17.5 Å². The number of rotatable bonds is 4. The van der Waals surface area contributed by atoms with Gasteiger partial charge in [0.05, 0.1) is 0 Å². The summed E-state index contributed by atoms with van der Waals surface area (Å²) in [5.41, 5.74) is 1.06. The van der Waals surface area contributed by atoms with E-state index in [1.165, 1.54) is 0 Å². The molecule has 0 aliphatic heterocycles. The molecular weight excluding hydrogens is 205 g/mol. The van der Waals surface area contributed by atoms with E-state index in [2.05, 4.69) is 11.4 Å². The summed E-state index contributed by atoms with van der Waals surface area (Å²) in [6, 6.07) is 7.80. The Hall–Kier alpha value is -1.01. The molecule has 0 spiro atoms. The molecule has 0 aliphatic carbocycles. The first kappa shape index (κ1) is 12.1. The van der Waals surface area contributed by atoms with Crippen LogP contribution >= 0.6 is 7.14 Å². The average Bonchev–Trinajstić information content (AvgIpc) is 2.18. The first-order valence-corrected chi connectivity index (χ1v) is 7.65. The third kappa shape index (κ3) is 3.93. The van der Waals surface area contributed by atoms with Crippen LogP contribution in [-0.2, 0) is 4.57 Å². The van der Waals surface area contributed by atoms with Crippen molar-refractivity contribution < 1.29 is 4.57 Å². The van der Waals surface area contributed by atoms with Gasteiger partial charge in [-0.15, -0.1) is 0 Å². The van der Waals surface area contributed by atoms with Crippen molar-refractivity contribution in [2.45, 2.75) is 6.92 Å². The summed E-state index contributed by atoms with van der Waals surface area (Å²) >= 11 is 0. The van der Waals surface area contributed by atoms with Gasteiger partial charge in [-0.1, -0.05) is 12.2 Å². The molecule has 0 bridgehead atoms. The minimum atomic E-state index is -2.11. The Bertz CT molecular complexity index is 375. The van der Waals surface area contributed by atoms with Crippen LogP contribution in [0.3, 0.4) is 0 Å². The van der Waals surface area contributed by atoms with Crippen molar-refractivity contribution in [1.82, 2.24) is 0 Å². The highest BCUT2D eigenvalue weighted by atomic mass is 31.2. The maximum absolute atomic E-state index is 11.8. The fourth-order valence-corrected chi connectivity index (χ4v) is 2.10. The highest BCUT2D eigenvalue weighted by Gasteiger charge is 2.09. The fraction of sp³-hybridized carbons (Fsp3) is 0.333. The molecule has 0 amide bonds. The number of nitrogens with one attached hydrogen (secondary N) is 1. The van der Waals surface area contributed by atoms with Gasteiger partial charge in [-0.2, -0.15) is 0 Å². The molecule has 82 valence electrons. The van der Waals surface area contributed by atoms with Gasteiger partial charge in [0, 0.05) is 17.5 Å². The maximum atomic E-state index is 11.8. The molecular formula is C12H18NOP. The van der Waals surface area contributed by atoms with E-state index < -0.39 is 7.14 Å². The van der Waals surface area contributed by atoms with Gasteiger partial charge in [-0.25, -0.2) is 0 Å². The summed E-state index contributed by atoms with van der Waals surface area (Å²) < 4.78 is 11.8. The molecule has 2 nitrogen and oxygen atoms in total. The summed E-state index contributed by atoms with van der Waals surface area (Å²) in [4.78, 5) is 0. The van der Waals surface area contributed by atoms with Gasteiger partial charge in [-0.05, 0) is 44.5 Å². The predicted molar refractivity (Wildman–Crippen MR) is 68.8 cm³/mol. The zero-order valence-electron chi connectivity index (χ0n) is 9.53. The SMILES string of the molecule is C/C=C/CNc1ccc(P(C)(C)=O)cc1. The lowest BCUT2D eigenvalue weighted by molar-refractivity contribution is 0.588. The van der Waals surface area contributed by atoms with E-state index in [9.17, 15) is 4.57 Å². The van der Waals surface area contributed by atoms with Gasteiger partial charge in [-0.3, -0.25) is 0 Å². The lowest BCUT2D eigenvalue weighted by Gasteiger charge is -2.08. The van der Waals surface area contributed by atoms with Crippen LogP contribution in [0.15, 0.2) is 36.4 Å². The van der Waals surface area contributed by atoms with Gasteiger partial charge in [0.15, 0.2) is 0 Å². The topological polar surface area (TPSA) is 29.1 Å². The summed E-state index contributed by atoms with van der Waals surface area (Å²) in [5.74, 6) is 0. The van der Waals surface area contributed by atoms with E-state index in [4.69, 9.17) is 0 Å². The number of anilines is 1. The first-order valence-electron chi connectivity index (χ1n) is 5.04. The summed E-state index contributed by atoms with van der Waals surface area (Å²) in [6.07, 6.45) is 4.06. The van der Waals surface area contributed by atoms with Crippen molar-refractivity contribution in [3.63, 3.8) is 0 Å². The molecule has 0 atom stereocenters. The lowest BCUT2D eigenvalue weighted by Crippen LogP contribution is -2.04. The third-order valence-corrected chi connectivity index (χ3v) is 3.69. The lowest BCUT2D eigenvalue weighted by atomic mass is 10.3. The number of hydrogen-bond donors (Lipinski definition) is 1. The number of hydrogen-bond acceptors (Lipinski definition) is 2. The van der Waals surface area contributed by atoms with Crippen molar-refractivity contribution in [1.29, 1.82) is 0 Å². The van der Waals surface area contributed by atoms with Crippen LogP contribution in [0.1, 0.15) is 6.92 Å². The molecule has 1 aromatic carbocycles. The van der Waals surface area contributed by atoms with Crippen molar-refractivity contribution in [3.8, 4) is 0 Å². The predicted octanol–water partition coefficient (Wildman–Crippen LogP) is 2.92. The summed E-state index contributed by atoms with van der Waals surface area (Å²) in [6.45, 7) is 6.39. The number of benzene rings is 1. The maximum Gasteiger partial charge on any atom is 0.109 e. The Labute approximate surface area is 91.8 Å². The molecule has 0 fully saturated rings. The smallest absolute Gasteiger partial charge is 0.109 e. The molecule has 0 aromatic heterocycles. The average molecular weight is 223 g/mol. The monoisotopic (exact) mass is 223 g/mol. The molecule has 0 radical (unpaired) electrons. The second-order valence-corrected chi connectivity index (χ2v) is 7.07. The van der Waals surface area contributed by atoms with Crippen LogP contribution in [0.4, 0.5) is 5.69 Å². The van der Waals surface area contributed by atoms with E-state index in [1.54, 1.807) is 13.3 Å². The van der Waals surface area contributed by atoms with Crippen LogP contribution in [0.25, 0.3) is 0 Å². The van der Waals surface area contributed by atoms with Crippen LogP contribution < -0.4 is 10.6 Å². The molecule has 0 aliphatic rings. The van der Waals surface area contributed by atoms with Gasteiger partial charge < -0.3 is 9.88 Å². The van der Waals surface area contributed by atoms with Gasteiger partial charge in [0.25, 0.3) is 0 Å². The van der Waals surface area contributed by atoms with Crippen molar-refractivity contribution in [2.24, 2.45) is 0 Å². The molecule has 0 saturated carbocycles. The van der Waals surface area contributed by atoms with E-state index in [0.29, 0.717) is 0 Å². The molecule has 0 unspecified atom stereocenters. The third-order valence-electron chi connectivity index (χ3n) is 2.15. The van der Waals surface area contributed by atoms with Gasteiger partial charge in [0.2, 0.25) is 0 Å². The van der Waals surface area contributed by atoms with E-state index in [1.807, 2.05) is 37.3 Å². The highest BCUT2D eigenvalue weighted by Crippen LogP contribution is 2.34. The minimum absolute atomic E-state index is 0.825. The van der Waals surface area contributed by atoms with Crippen LogP contribution in [-0.4, -0.2) is 19.9 Å². The van der Waals surface area contributed by atoms with Crippen molar-refractivity contribution in [2.75, 3.05) is 25.2 Å². The molecule has 3 heteroatoms. The fourth-order valence-electron chi connectivity index (χ4n) is 1.23. The van der Waals surface area contributed by atoms with Crippen LogP contribution in [0.5, 0.6) is 0 Å². The highest BCUT2D eigenvalue weighted by molar-refractivity contribution is 7.70. The Balaban J connectivity index is 2.69. The second kappa shape index (κ2) is 5.18. The minimum Gasteiger partial charge on any atom is -0.382 e. The van der Waals surface area contributed by atoms with E-state index >= 15 is 0 Å². The molecule has 1 N–H and O–H groups in total. The molecule has 0 saturated heterocycles. The Kier molecular flexibility index (Phi) is 4.16. The van der Waals surface area contributed by atoms with Crippen molar-refractivity contribution in [3.05, 3.63) is 36.4 Å². The quantitative estimate of drug-likeness (QED) is 0.628. The zero-order valence-corrected chi connectivity index (χ0v) is 10.4. The van der Waals surface area contributed by atoms with Crippen LogP contribution in [0.2, 0.25) is 0 Å². The largest absolute Gasteiger partial charge is 0.382 e. The standard InChI is InChI=1S/C12H18NOP/c1-4-5-10-13-11-6-8-12(9-7-11)15(2,3)14/h4-9,13H,10H2,1-3H3/b5-4+. The Morgan fingerprint density at radius 2 is 1.87 bits per heavy atom. The van der Waals surface area contributed by atoms with Crippen LogP contribution in [0, 0.1) is 0 Å². The summed E-state index contributed by atoms with van der Waals surface area (Å²) in [7, 11) is -2.11. The zero-order chi connectivity index (χ0) is 11.3. The summed E-state index contributed by atoms with van der Waals surface area (Å²) in [5, 5.41) is 4.18. The normalized spacial score (nSPS) is 11.9. The first-order chi connectivity index (χ1) is 7.04. The second-order valence-electron chi connectivity index (χ2n) is 3.85. The molecule has 1 rings (SSSR count). The molecule has 15 heavy (non-hydrogen) atoms. The van der Waals surface area contributed by atoms with Crippen molar-refractivity contribution >= 4 is 18.1 Å². The number of allylic oxidation sites excluding steroid dienone is 1. The Morgan fingerprint density at radius 1 is 1.27 bits per heavy atom.